The van der Waals surface area contributed by atoms with Gasteiger partial charge in [0, 0.05) is 24.7 Å². The molecule has 1 aliphatic heterocycles. The van der Waals surface area contributed by atoms with Crippen LogP contribution >= 0.6 is 0 Å². The van der Waals surface area contributed by atoms with E-state index in [0.717, 1.165) is 23.5 Å². The zero-order valence-electron chi connectivity index (χ0n) is 17.7. The lowest BCUT2D eigenvalue weighted by Gasteiger charge is -2.29. The highest BCUT2D eigenvalue weighted by Crippen LogP contribution is 2.33. The van der Waals surface area contributed by atoms with E-state index in [1.54, 1.807) is 37.3 Å². The molecule has 0 radical (unpaired) electrons. The van der Waals surface area contributed by atoms with E-state index in [9.17, 15) is 14.0 Å². The van der Waals surface area contributed by atoms with Crippen molar-refractivity contribution in [1.29, 1.82) is 0 Å². The number of hydrogen-bond donors (Lipinski definition) is 0. The smallest absolute Gasteiger partial charge is 0.290 e. The number of amides is 1. The molecule has 2 heterocycles. The van der Waals surface area contributed by atoms with Crippen LogP contribution in [0.25, 0.3) is 0 Å². The van der Waals surface area contributed by atoms with Gasteiger partial charge in [-0.1, -0.05) is 18.2 Å². The molecule has 1 aliphatic rings. The van der Waals surface area contributed by atoms with E-state index in [1.807, 2.05) is 12.1 Å². The average molecular weight is 439 g/mol. The van der Waals surface area contributed by atoms with Gasteiger partial charge in [0.25, 0.3) is 5.91 Å². The number of rotatable bonds is 6. The van der Waals surface area contributed by atoms with Crippen molar-refractivity contribution in [2.24, 2.45) is 0 Å². The van der Waals surface area contributed by atoms with Crippen molar-refractivity contribution in [2.75, 3.05) is 20.8 Å². The molecule has 0 saturated heterocycles. The van der Waals surface area contributed by atoms with E-state index in [1.165, 1.54) is 6.07 Å². The fourth-order valence-electron chi connectivity index (χ4n) is 3.60. The summed E-state index contributed by atoms with van der Waals surface area (Å²) in [6.07, 6.45) is 1.72. The van der Waals surface area contributed by atoms with Crippen LogP contribution in [0.2, 0.25) is 0 Å². The molecule has 0 unspecified atom stereocenters. The van der Waals surface area contributed by atoms with Gasteiger partial charge in [0.1, 0.15) is 18.7 Å². The van der Waals surface area contributed by atoms with Gasteiger partial charge in [0.15, 0.2) is 17.3 Å². The summed E-state index contributed by atoms with van der Waals surface area (Å²) in [5.74, 6) is 0.223. The highest BCUT2D eigenvalue weighted by Gasteiger charge is 2.25. The molecule has 4 rings (SSSR count). The van der Waals surface area contributed by atoms with Crippen LogP contribution in [-0.2, 0) is 19.6 Å². The number of methoxy groups -OCH3 is 2. The molecular formula is C24H22FNO6. The van der Waals surface area contributed by atoms with Crippen molar-refractivity contribution in [3.8, 4) is 17.2 Å². The van der Waals surface area contributed by atoms with Crippen LogP contribution in [0, 0.1) is 5.82 Å². The van der Waals surface area contributed by atoms with E-state index in [0.29, 0.717) is 36.6 Å². The minimum absolute atomic E-state index is 0.0860. The number of ether oxygens (including phenoxy) is 3. The molecule has 0 fully saturated rings. The number of nitrogens with zero attached hydrogens (tertiary/aromatic N) is 1. The number of carbonyl (C=O) groups is 1. The Balaban J connectivity index is 1.47. The summed E-state index contributed by atoms with van der Waals surface area (Å²) in [5, 5.41) is 0. The molecular weight excluding hydrogens is 417 g/mol. The van der Waals surface area contributed by atoms with Gasteiger partial charge in [-0.2, -0.15) is 0 Å². The quantitative estimate of drug-likeness (QED) is 0.584. The van der Waals surface area contributed by atoms with E-state index in [-0.39, 0.29) is 18.1 Å². The SMILES string of the molecule is COc1cc2c(cc1OC)CN(C(=O)c1cc(=O)c(OCc3ccccc3F)co1)CC2. The number of benzene rings is 2. The van der Waals surface area contributed by atoms with Crippen LogP contribution in [0.5, 0.6) is 17.2 Å². The first-order valence-corrected chi connectivity index (χ1v) is 10.0. The van der Waals surface area contributed by atoms with Gasteiger partial charge in [-0.05, 0) is 35.7 Å². The van der Waals surface area contributed by atoms with Crippen molar-refractivity contribution >= 4 is 5.91 Å². The Morgan fingerprint density at radius 2 is 1.78 bits per heavy atom. The minimum Gasteiger partial charge on any atom is -0.493 e. The highest BCUT2D eigenvalue weighted by atomic mass is 19.1. The second-order valence-corrected chi connectivity index (χ2v) is 7.31. The van der Waals surface area contributed by atoms with Gasteiger partial charge >= 0.3 is 0 Å². The topological polar surface area (TPSA) is 78.2 Å². The van der Waals surface area contributed by atoms with Gasteiger partial charge < -0.3 is 23.5 Å². The molecule has 0 atom stereocenters. The van der Waals surface area contributed by atoms with Gasteiger partial charge in [-0.3, -0.25) is 9.59 Å². The third kappa shape index (κ3) is 4.30. The molecule has 0 aliphatic carbocycles. The van der Waals surface area contributed by atoms with Crippen molar-refractivity contribution in [3.05, 3.63) is 87.2 Å². The summed E-state index contributed by atoms with van der Waals surface area (Å²) in [5.41, 5.74) is 1.81. The molecule has 32 heavy (non-hydrogen) atoms. The molecule has 2 aromatic carbocycles. The van der Waals surface area contributed by atoms with Crippen molar-refractivity contribution in [1.82, 2.24) is 4.90 Å². The summed E-state index contributed by atoms with van der Waals surface area (Å²) in [6, 6.07) is 11.0. The Morgan fingerprint density at radius 3 is 2.47 bits per heavy atom. The van der Waals surface area contributed by atoms with Crippen LogP contribution in [0.3, 0.4) is 0 Å². The predicted octanol–water partition coefficient (Wildman–Crippen LogP) is 3.57. The highest BCUT2D eigenvalue weighted by molar-refractivity contribution is 5.91. The lowest BCUT2D eigenvalue weighted by atomic mass is 9.98. The fourth-order valence-corrected chi connectivity index (χ4v) is 3.60. The summed E-state index contributed by atoms with van der Waals surface area (Å²) in [7, 11) is 3.13. The minimum atomic E-state index is -0.514. The Bertz CT molecular complexity index is 1210. The maximum atomic E-state index is 13.7. The first kappa shape index (κ1) is 21.4. The summed E-state index contributed by atoms with van der Waals surface area (Å²) >= 11 is 0. The molecule has 0 saturated carbocycles. The molecule has 8 heteroatoms. The molecule has 3 aromatic rings. The lowest BCUT2D eigenvalue weighted by Crippen LogP contribution is -2.36. The summed E-state index contributed by atoms with van der Waals surface area (Å²) in [4.78, 5) is 26.9. The standard InChI is InChI=1S/C24H22FNO6/c1-29-20-9-15-7-8-26(12-17(15)10-21(20)30-2)24(28)22-11-19(27)23(14-32-22)31-13-16-5-3-4-6-18(16)25/h3-6,9-11,14H,7-8,12-13H2,1-2H3. The van der Waals surface area contributed by atoms with Crippen molar-refractivity contribution in [3.63, 3.8) is 0 Å². The second-order valence-electron chi connectivity index (χ2n) is 7.31. The van der Waals surface area contributed by atoms with Crippen LogP contribution < -0.4 is 19.6 Å². The van der Waals surface area contributed by atoms with E-state index < -0.39 is 17.2 Å². The fraction of sp³-hybridized carbons (Fsp3) is 0.250. The maximum absolute atomic E-state index is 13.7. The zero-order valence-corrected chi connectivity index (χ0v) is 17.7. The third-order valence-electron chi connectivity index (χ3n) is 5.36. The molecule has 7 nitrogen and oxygen atoms in total. The van der Waals surface area contributed by atoms with Crippen LogP contribution in [-0.4, -0.2) is 31.6 Å². The molecule has 1 aromatic heterocycles. The van der Waals surface area contributed by atoms with Crippen LogP contribution in [0.15, 0.2) is 57.9 Å². The molecule has 1 amide bonds. The normalized spacial score (nSPS) is 12.8. The van der Waals surface area contributed by atoms with Gasteiger partial charge in [-0.25, -0.2) is 4.39 Å². The Labute approximate surface area is 183 Å². The van der Waals surface area contributed by atoms with Crippen LogP contribution in [0.1, 0.15) is 27.2 Å². The third-order valence-corrected chi connectivity index (χ3v) is 5.36. The molecule has 166 valence electrons. The van der Waals surface area contributed by atoms with Crippen molar-refractivity contribution < 1.29 is 27.8 Å². The first-order chi connectivity index (χ1) is 15.5. The van der Waals surface area contributed by atoms with Gasteiger partial charge in [-0.15, -0.1) is 0 Å². The largest absolute Gasteiger partial charge is 0.493 e. The van der Waals surface area contributed by atoms with E-state index in [4.69, 9.17) is 18.6 Å². The molecule has 0 N–H and O–H groups in total. The molecule has 0 spiro atoms. The number of fused-ring (bicyclic) bond motifs is 1. The number of carbonyl (C=O) groups excluding carboxylic acids is 1. The number of hydrogen-bond acceptors (Lipinski definition) is 6. The zero-order chi connectivity index (χ0) is 22.7. The average Bonchev–Trinajstić information content (AvgIpc) is 2.82. The summed E-state index contributed by atoms with van der Waals surface area (Å²) in [6.45, 7) is 0.694. The van der Waals surface area contributed by atoms with Gasteiger partial charge in [0.2, 0.25) is 11.2 Å². The van der Waals surface area contributed by atoms with Crippen LogP contribution in [0.4, 0.5) is 4.39 Å². The second kappa shape index (κ2) is 9.13. The summed E-state index contributed by atoms with van der Waals surface area (Å²) < 4.78 is 35.2. The predicted molar refractivity (Wildman–Crippen MR) is 114 cm³/mol. The Kier molecular flexibility index (Phi) is 6.11. The number of halogens is 1. The lowest BCUT2D eigenvalue weighted by molar-refractivity contribution is 0.0698. The molecule has 0 bridgehead atoms. The van der Waals surface area contributed by atoms with E-state index in [2.05, 4.69) is 0 Å². The van der Waals surface area contributed by atoms with Gasteiger partial charge in [0.05, 0.1) is 14.2 Å². The van der Waals surface area contributed by atoms with Crippen molar-refractivity contribution in [2.45, 2.75) is 19.6 Å². The Hall–Kier alpha value is -3.81. The Morgan fingerprint density at radius 1 is 1.06 bits per heavy atom. The maximum Gasteiger partial charge on any atom is 0.290 e. The monoisotopic (exact) mass is 439 g/mol. The van der Waals surface area contributed by atoms with E-state index >= 15 is 0 Å². The first-order valence-electron chi connectivity index (χ1n) is 10.0.